The quantitative estimate of drug-likeness (QED) is 0.873. The topological polar surface area (TPSA) is 15.3 Å². The lowest BCUT2D eigenvalue weighted by Crippen LogP contribution is -2.33. The number of hydrogen-bond acceptors (Lipinski definition) is 2. The van der Waals surface area contributed by atoms with Crippen molar-refractivity contribution < 1.29 is 0 Å². The van der Waals surface area contributed by atoms with Crippen molar-refractivity contribution in [3.63, 3.8) is 0 Å². The molecule has 0 aliphatic carbocycles. The highest BCUT2D eigenvalue weighted by atomic mass is 15.2. The molecule has 21 heavy (non-hydrogen) atoms. The standard InChI is InChI=1S/C15H20N2.2C2H6/c1-12-15-11-17(10-14(15)7-8-16-12)9-13-5-3-2-4-6-13;2*1-2/h2-6,14-16H,1,7-11H2;2*1-2H3. The number of hydrogen-bond donors (Lipinski definition) is 1. The van der Waals surface area contributed by atoms with Gasteiger partial charge in [-0.1, -0.05) is 64.6 Å². The zero-order chi connectivity index (χ0) is 15.7. The molecule has 1 N–H and O–H groups in total. The molecule has 2 heteroatoms. The Balaban J connectivity index is 0.000000510. The van der Waals surface area contributed by atoms with E-state index in [1.54, 1.807) is 0 Å². The molecule has 2 saturated heterocycles. The van der Waals surface area contributed by atoms with Crippen molar-refractivity contribution in [1.82, 2.24) is 10.2 Å². The third-order valence-electron chi connectivity index (χ3n) is 4.08. The van der Waals surface area contributed by atoms with Gasteiger partial charge in [-0.25, -0.2) is 0 Å². The number of fused-ring (bicyclic) bond motifs is 1. The van der Waals surface area contributed by atoms with Gasteiger partial charge in [-0.3, -0.25) is 4.90 Å². The number of rotatable bonds is 2. The number of likely N-dealkylation sites (tertiary alicyclic amines) is 1. The summed E-state index contributed by atoms with van der Waals surface area (Å²) < 4.78 is 0. The Bertz CT molecular complexity index is 399. The van der Waals surface area contributed by atoms with E-state index in [2.05, 4.69) is 47.1 Å². The average Bonchev–Trinajstić information content (AvgIpc) is 2.96. The summed E-state index contributed by atoms with van der Waals surface area (Å²) in [5.41, 5.74) is 2.68. The molecule has 2 fully saturated rings. The van der Waals surface area contributed by atoms with Crippen LogP contribution in [0.5, 0.6) is 0 Å². The van der Waals surface area contributed by atoms with Gasteiger partial charge in [0.25, 0.3) is 0 Å². The van der Waals surface area contributed by atoms with Gasteiger partial charge in [-0.15, -0.1) is 0 Å². The highest BCUT2D eigenvalue weighted by molar-refractivity contribution is 5.16. The fourth-order valence-corrected chi connectivity index (χ4v) is 3.17. The molecular weight excluding hydrogens is 256 g/mol. The molecule has 2 unspecified atom stereocenters. The maximum absolute atomic E-state index is 4.16. The van der Waals surface area contributed by atoms with Crippen LogP contribution in [0.25, 0.3) is 0 Å². The van der Waals surface area contributed by atoms with E-state index in [4.69, 9.17) is 0 Å². The van der Waals surface area contributed by atoms with Crippen LogP contribution < -0.4 is 5.32 Å². The fourth-order valence-electron chi connectivity index (χ4n) is 3.17. The fraction of sp³-hybridized carbons (Fsp3) is 0.579. The van der Waals surface area contributed by atoms with E-state index >= 15 is 0 Å². The first kappa shape index (κ1) is 17.8. The Hall–Kier alpha value is -1.28. The Morgan fingerprint density at radius 3 is 2.38 bits per heavy atom. The maximum atomic E-state index is 4.16. The lowest BCUT2D eigenvalue weighted by Gasteiger charge is -2.27. The highest BCUT2D eigenvalue weighted by Crippen LogP contribution is 2.33. The number of piperidine rings is 1. The zero-order valence-corrected chi connectivity index (χ0v) is 14.2. The summed E-state index contributed by atoms with van der Waals surface area (Å²) in [5, 5.41) is 3.42. The zero-order valence-electron chi connectivity index (χ0n) is 14.2. The third-order valence-corrected chi connectivity index (χ3v) is 4.08. The highest BCUT2D eigenvalue weighted by Gasteiger charge is 2.36. The van der Waals surface area contributed by atoms with Crippen LogP contribution in [-0.2, 0) is 6.54 Å². The Kier molecular flexibility index (Phi) is 8.14. The molecule has 3 rings (SSSR count). The average molecular weight is 288 g/mol. The van der Waals surface area contributed by atoms with Crippen LogP contribution in [-0.4, -0.2) is 24.5 Å². The minimum absolute atomic E-state index is 0.674. The largest absolute Gasteiger partial charge is 0.389 e. The first-order valence-electron chi connectivity index (χ1n) is 8.52. The van der Waals surface area contributed by atoms with Crippen molar-refractivity contribution in [2.24, 2.45) is 11.8 Å². The van der Waals surface area contributed by atoms with Crippen LogP contribution in [0.1, 0.15) is 39.7 Å². The summed E-state index contributed by atoms with van der Waals surface area (Å²) >= 11 is 0. The van der Waals surface area contributed by atoms with Crippen molar-refractivity contribution in [2.75, 3.05) is 19.6 Å². The maximum Gasteiger partial charge on any atom is 0.0234 e. The third kappa shape index (κ3) is 4.89. The van der Waals surface area contributed by atoms with E-state index in [1.807, 2.05) is 27.7 Å². The van der Waals surface area contributed by atoms with Crippen molar-refractivity contribution in [1.29, 1.82) is 0 Å². The molecular formula is C19H32N2. The molecule has 2 atom stereocenters. The van der Waals surface area contributed by atoms with E-state index in [1.165, 1.54) is 30.8 Å². The van der Waals surface area contributed by atoms with Gasteiger partial charge in [-0.2, -0.15) is 0 Å². The molecule has 2 heterocycles. The van der Waals surface area contributed by atoms with Gasteiger partial charge in [0.1, 0.15) is 0 Å². The van der Waals surface area contributed by atoms with Crippen LogP contribution in [0, 0.1) is 11.8 Å². The Morgan fingerprint density at radius 2 is 1.76 bits per heavy atom. The van der Waals surface area contributed by atoms with Gasteiger partial charge >= 0.3 is 0 Å². The predicted molar refractivity (Wildman–Crippen MR) is 93.2 cm³/mol. The lowest BCUT2D eigenvalue weighted by atomic mass is 9.87. The van der Waals surface area contributed by atoms with Gasteiger partial charge in [0.05, 0.1) is 0 Å². The van der Waals surface area contributed by atoms with E-state index in [-0.39, 0.29) is 0 Å². The number of nitrogens with one attached hydrogen (secondary N) is 1. The molecule has 0 bridgehead atoms. The summed E-state index contributed by atoms with van der Waals surface area (Å²) in [6.07, 6.45) is 1.30. The van der Waals surface area contributed by atoms with Crippen LogP contribution >= 0.6 is 0 Å². The summed E-state index contributed by atoms with van der Waals surface area (Å²) in [6.45, 7) is 16.8. The minimum atomic E-state index is 0.674. The molecule has 0 spiro atoms. The summed E-state index contributed by atoms with van der Waals surface area (Å²) in [7, 11) is 0. The molecule has 1 aromatic rings. The molecule has 0 amide bonds. The normalized spacial score (nSPS) is 23.9. The van der Waals surface area contributed by atoms with E-state index < -0.39 is 0 Å². The molecule has 2 aliphatic heterocycles. The summed E-state index contributed by atoms with van der Waals surface area (Å²) in [5.74, 6) is 1.50. The van der Waals surface area contributed by atoms with Crippen LogP contribution in [0.15, 0.2) is 42.6 Å². The van der Waals surface area contributed by atoms with Crippen molar-refractivity contribution in [3.8, 4) is 0 Å². The molecule has 0 aromatic heterocycles. The molecule has 1 aromatic carbocycles. The van der Waals surface area contributed by atoms with Crippen molar-refractivity contribution in [3.05, 3.63) is 48.2 Å². The SMILES string of the molecule is C=C1NCCC2CN(Cc3ccccc3)CC12.CC.CC. The first-order chi connectivity index (χ1) is 10.3. The lowest BCUT2D eigenvalue weighted by molar-refractivity contribution is 0.314. The van der Waals surface area contributed by atoms with Crippen LogP contribution in [0.2, 0.25) is 0 Å². The summed E-state index contributed by atoms with van der Waals surface area (Å²) in [4.78, 5) is 2.57. The summed E-state index contributed by atoms with van der Waals surface area (Å²) in [6, 6.07) is 10.8. The van der Waals surface area contributed by atoms with E-state index in [9.17, 15) is 0 Å². The second-order valence-electron chi connectivity index (χ2n) is 5.29. The van der Waals surface area contributed by atoms with Crippen LogP contribution in [0.4, 0.5) is 0 Å². The van der Waals surface area contributed by atoms with Gasteiger partial charge in [0.2, 0.25) is 0 Å². The number of benzene rings is 1. The number of nitrogens with zero attached hydrogens (tertiary/aromatic N) is 1. The molecule has 0 radical (unpaired) electrons. The Morgan fingerprint density at radius 1 is 1.10 bits per heavy atom. The van der Waals surface area contributed by atoms with Gasteiger partial charge in [0, 0.05) is 37.8 Å². The van der Waals surface area contributed by atoms with E-state index in [0.29, 0.717) is 5.92 Å². The van der Waals surface area contributed by atoms with E-state index in [0.717, 1.165) is 19.0 Å². The van der Waals surface area contributed by atoms with Crippen molar-refractivity contribution in [2.45, 2.75) is 40.7 Å². The second-order valence-corrected chi connectivity index (χ2v) is 5.29. The smallest absolute Gasteiger partial charge is 0.0234 e. The van der Waals surface area contributed by atoms with Gasteiger partial charge in [0.15, 0.2) is 0 Å². The monoisotopic (exact) mass is 288 g/mol. The first-order valence-corrected chi connectivity index (χ1v) is 8.52. The van der Waals surface area contributed by atoms with Crippen LogP contribution in [0.3, 0.4) is 0 Å². The molecule has 118 valence electrons. The minimum Gasteiger partial charge on any atom is -0.389 e. The Labute approximate surface area is 131 Å². The van der Waals surface area contributed by atoms with Gasteiger partial charge in [-0.05, 0) is 17.9 Å². The molecule has 2 aliphatic rings. The second kappa shape index (κ2) is 9.62. The van der Waals surface area contributed by atoms with Gasteiger partial charge < -0.3 is 5.32 Å². The predicted octanol–water partition coefficient (Wildman–Crippen LogP) is 4.29. The molecule has 0 saturated carbocycles. The molecule has 2 nitrogen and oxygen atoms in total. The van der Waals surface area contributed by atoms with Crippen molar-refractivity contribution >= 4 is 0 Å².